The second-order valence-electron chi connectivity index (χ2n) is 8.56. The van der Waals surface area contributed by atoms with Crippen molar-refractivity contribution in [3.05, 3.63) is 72.4 Å². The van der Waals surface area contributed by atoms with Gasteiger partial charge < -0.3 is 29.9 Å². The van der Waals surface area contributed by atoms with Crippen LogP contribution in [-0.4, -0.2) is 54.0 Å². The van der Waals surface area contributed by atoms with Crippen LogP contribution in [0.1, 0.15) is 11.3 Å². The van der Waals surface area contributed by atoms with Gasteiger partial charge in [0.2, 0.25) is 17.7 Å². The third-order valence-corrected chi connectivity index (χ3v) is 6.03. The summed E-state index contributed by atoms with van der Waals surface area (Å²) in [6, 6.07) is 15.4. The van der Waals surface area contributed by atoms with Crippen LogP contribution in [0, 0.1) is 0 Å². The maximum absolute atomic E-state index is 11.6. The van der Waals surface area contributed by atoms with Crippen LogP contribution in [0.15, 0.2) is 61.2 Å². The van der Waals surface area contributed by atoms with Gasteiger partial charge in [-0.3, -0.25) is 4.79 Å². The van der Waals surface area contributed by atoms with E-state index >= 15 is 0 Å². The number of hydrogen-bond donors (Lipinski definition) is 2. The van der Waals surface area contributed by atoms with Gasteiger partial charge in [-0.05, 0) is 49.5 Å². The molecule has 0 spiro atoms. The summed E-state index contributed by atoms with van der Waals surface area (Å²) in [5.74, 6) is 1.12. The Labute approximate surface area is 204 Å². The van der Waals surface area contributed by atoms with Crippen molar-refractivity contribution in [2.75, 3.05) is 48.8 Å². The number of amides is 1. The first-order valence-corrected chi connectivity index (χ1v) is 11.6. The van der Waals surface area contributed by atoms with Crippen molar-refractivity contribution in [1.82, 2.24) is 14.9 Å². The molecule has 3 aromatic rings. The first-order chi connectivity index (χ1) is 17.1. The zero-order chi connectivity index (χ0) is 24.2. The van der Waals surface area contributed by atoms with Crippen molar-refractivity contribution in [3.8, 4) is 11.6 Å². The summed E-state index contributed by atoms with van der Waals surface area (Å²) < 4.78 is 11.7. The molecule has 35 heavy (non-hydrogen) atoms. The van der Waals surface area contributed by atoms with Gasteiger partial charge in [-0.25, -0.2) is 4.98 Å². The summed E-state index contributed by atoms with van der Waals surface area (Å²) in [6.45, 7) is 8.45. The number of likely N-dealkylation sites (N-methyl/N-ethyl adjacent to an activating group) is 1. The van der Waals surface area contributed by atoms with Gasteiger partial charge in [-0.1, -0.05) is 12.6 Å². The molecule has 0 bridgehead atoms. The predicted molar refractivity (Wildman–Crippen MR) is 135 cm³/mol. The summed E-state index contributed by atoms with van der Waals surface area (Å²) in [6.07, 6.45) is 1.22. The Balaban J connectivity index is 1.33. The normalized spacial score (nSPS) is 15.4. The largest absolute Gasteiger partial charge is 0.438 e. The molecule has 1 fully saturated rings. The van der Waals surface area contributed by atoms with Crippen molar-refractivity contribution in [2.24, 2.45) is 0 Å². The molecule has 180 valence electrons. The number of ether oxygens (including phenoxy) is 2. The first-order valence-electron chi connectivity index (χ1n) is 11.6. The van der Waals surface area contributed by atoms with Gasteiger partial charge >= 0.3 is 0 Å². The molecule has 2 aliphatic heterocycles. The van der Waals surface area contributed by atoms with E-state index in [0.717, 1.165) is 43.1 Å². The Bertz CT molecular complexity index is 1220. The minimum Gasteiger partial charge on any atom is -0.438 e. The zero-order valence-corrected chi connectivity index (χ0v) is 19.7. The van der Waals surface area contributed by atoms with Crippen LogP contribution < -0.4 is 20.3 Å². The molecule has 1 saturated heterocycles. The van der Waals surface area contributed by atoms with Crippen LogP contribution >= 0.6 is 0 Å². The van der Waals surface area contributed by atoms with Crippen LogP contribution in [0.25, 0.3) is 0 Å². The number of fused-ring (bicyclic) bond motifs is 1. The van der Waals surface area contributed by atoms with Crippen molar-refractivity contribution >= 4 is 28.9 Å². The molecule has 1 amide bonds. The highest BCUT2D eigenvalue weighted by atomic mass is 16.5. The lowest BCUT2D eigenvalue weighted by Gasteiger charge is -2.34. The number of nitrogens with zero attached hydrogens (tertiary/aromatic N) is 4. The molecule has 0 unspecified atom stereocenters. The summed E-state index contributed by atoms with van der Waals surface area (Å²) in [5.41, 5.74) is 4.32. The number of rotatable bonds is 7. The Hall–Kier alpha value is -3.95. The summed E-state index contributed by atoms with van der Waals surface area (Å²) in [7, 11) is 2.15. The number of benzene rings is 2. The summed E-state index contributed by atoms with van der Waals surface area (Å²) in [5, 5.41) is 6.02. The maximum Gasteiger partial charge on any atom is 0.247 e. The minimum atomic E-state index is -0.288. The van der Waals surface area contributed by atoms with Gasteiger partial charge in [0.25, 0.3) is 0 Å². The van der Waals surface area contributed by atoms with Gasteiger partial charge in [0.05, 0.1) is 24.5 Å². The smallest absolute Gasteiger partial charge is 0.247 e. The number of nitrogens with one attached hydrogen (secondary N) is 2. The van der Waals surface area contributed by atoms with E-state index in [-0.39, 0.29) is 5.91 Å². The molecule has 5 rings (SSSR count). The highest BCUT2D eigenvalue weighted by Gasteiger charge is 2.22. The molecule has 2 aliphatic rings. The molecule has 0 radical (unpaired) electrons. The zero-order valence-electron chi connectivity index (χ0n) is 19.7. The van der Waals surface area contributed by atoms with Gasteiger partial charge in [-0.2, -0.15) is 4.98 Å². The number of carbonyl (C=O) groups excluding carboxylic acids is 1. The lowest BCUT2D eigenvalue weighted by Crippen LogP contribution is -2.44. The lowest BCUT2D eigenvalue weighted by molar-refractivity contribution is -0.111. The van der Waals surface area contributed by atoms with Crippen LogP contribution in [0.4, 0.5) is 23.0 Å². The lowest BCUT2D eigenvalue weighted by atomic mass is 10.2. The number of piperazine rings is 1. The fourth-order valence-electron chi connectivity index (χ4n) is 4.05. The molecular weight excluding hydrogens is 444 g/mol. The predicted octanol–water partition coefficient (Wildman–Crippen LogP) is 3.92. The molecular formula is C26H28N6O3. The van der Waals surface area contributed by atoms with Crippen LogP contribution in [0.2, 0.25) is 0 Å². The summed E-state index contributed by atoms with van der Waals surface area (Å²) >= 11 is 0. The van der Waals surface area contributed by atoms with Crippen LogP contribution in [0.3, 0.4) is 0 Å². The average Bonchev–Trinajstić information content (AvgIpc) is 3.34. The molecule has 9 heteroatoms. The second-order valence-corrected chi connectivity index (χ2v) is 8.56. The monoisotopic (exact) mass is 472 g/mol. The fourth-order valence-corrected chi connectivity index (χ4v) is 4.05. The average molecular weight is 473 g/mol. The van der Waals surface area contributed by atoms with E-state index in [0.29, 0.717) is 36.5 Å². The minimum absolute atomic E-state index is 0.288. The third kappa shape index (κ3) is 5.42. The Kier molecular flexibility index (Phi) is 6.60. The SMILES string of the molecule is C=CC(=O)Nc1cccc(Oc2nc(Nc3ccc(N4CCN(C)CC4)cc3)nc3c2COC3)c1. The molecule has 0 saturated carbocycles. The van der Waals surface area contributed by atoms with E-state index < -0.39 is 0 Å². The highest BCUT2D eigenvalue weighted by molar-refractivity contribution is 5.98. The molecule has 9 nitrogen and oxygen atoms in total. The molecule has 1 aromatic heterocycles. The fraction of sp³-hybridized carbons (Fsp3) is 0.269. The van der Waals surface area contributed by atoms with Gasteiger partial charge in [-0.15, -0.1) is 0 Å². The van der Waals surface area contributed by atoms with Crippen molar-refractivity contribution in [2.45, 2.75) is 13.2 Å². The number of hydrogen-bond acceptors (Lipinski definition) is 8. The Morgan fingerprint density at radius 2 is 1.86 bits per heavy atom. The topological polar surface area (TPSA) is 91.8 Å². The molecule has 0 atom stereocenters. The summed E-state index contributed by atoms with van der Waals surface area (Å²) in [4.78, 5) is 25.6. The molecule has 2 aromatic carbocycles. The number of carbonyl (C=O) groups is 1. The van der Waals surface area contributed by atoms with Crippen molar-refractivity contribution < 1.29 is 14.3 Å². The van der Waals surface area contributed by atoms with Gasteiger partial charge in [0, 0.05) is 49.3 Å². The van der Waals surface area contributed by atoms with Gasteiger partial charge in [0.15, 0.2) is 0 Å². The standard InChI is InChI=1S/C26H28N6O3/c1-3-24(33)27-19-5-4-6-21(15-19)35-25-22-16-34-17-23(22)29-26(30-25)28-18-7-9-20(10-8-18)32-13-11-31(2)12-14-32/h3-10,15H,1,11-14,16-17H2,2H3,(H,27,33)(H,28,29,30). The van der Waals surface area contributed by atoms with E-state index in [9.17, 15) is 4.79 Å². The Morgan fingerprint density at radius 1 is 1.06 bits per heavy atom. The number of aromatic nitrogens is 2. The van der Waals surface area contributed by atoms with Crippen molar-refractivity contribution in [1.29, 1.82) is 0 Å². The molecule has 2 N–H and O–H groups in total. The van der Waals surface area contributed by atoms with Crippen molar-refractivity contribution in [3.63, 3.8) is 0 Å². The van der Waals surface area contributed by atoms with E-state index in [2.05, 4.69) is 56.2 Å². The van der Waals surface area contributed by atoms with E-state index in [1.807, 2.05) is 12.1 Å². The van der Waals surface area contributed by atoms with E-state index in [4.69, 9.17) is 9.47 Å². The maximum atomic E-state index is 11.6. The molecule has 3 heterocycles. The second kappa shape index (κ2) is 10.1. The highest BCUT2D eigenvalue weighted by Crippen LogP contribution is 2.33. The van der Waals surface area contributed by atoms with Crippen LogP contribution in [-0.2, 0) is 22.7 Å². The quantitative estimate of drug-likeness (QED) is 0.500. The number of anilines is 4. The Morgan fingerprint density at radius 3 is 2.63 bits per heavy atom. The van der Waals surface area contributed by atoms with E-state index in [1.54, 1.807) is 24.3 Å². The van der Waals surface area contributed by atoms with E-state index in [1.165, 1.54) is 11.8 Å². The first kappa shape index (κ1) is 22.8. The van der Waals surface area contributed by atoms with Crippen LogP contribution in [0.5, 0.6) is 11.6 Å². The third-order valence-electron chi connectivity index (χ3n) is 6.03. The van der Waals surface area contributed by atoms with Gasteiger partial charge in [0.1, 0.15) is 5.75 Å². The molecule has 0 aliphatic carbocycles.